The second kappa shape index (κ2) is 4.41. The Kier molecular flexibility index (Phi) is 2.85. The van der Waals surface area contributed by atoms with E-state index in [4.69, 9.17) is 15.6 Å². The van der Waals surface area contributed by atoms with E-state index >= 15 is 0 Å². The van der Waals surface area contributed by atoms with E-state index in [1.807, 2.05) is 0 Å². The van der Waals surface area contributed by atoms with Crippen molar-refractivity contribution < 1.29 is 19.3 Å². The molecule has 1 unspecified atom stereocenters. The molecule has 2 aromatic heterocycles. The number of rotatable bonds is 2. The number of halogens is 1. The molecule has 2 aromatic rings. The normalized spacial score (nSPS) is 27.2. The second-order valence-electron chi connectivity index (χ2n) is 4.46. The number of aliphatic hydroxyl groups is 2. The van der Waals surface area contributed by atoms with Gasteiger partial charge in [-0.25, -0.2) is 14.4 Å². The molecule has 0 saturated carbocycles. The summed E-state index contributed by atoms with van der Waals surface area (Å²) in [6.45, 7) is -0.295. The highest BCUT2D eigenvalue weighted by Crippen LogP contribution is 2.33. The van der Waals surface area contributed by atoms with Gasteiger partial charge in [0.2, 0.25) is 0 Å². The van der Waals surface area contributed by atoms with Crippen molar-refractivity contribution in [3.63, 3.8) is 0 Å². The molecule has 4 N–H and O–H groups in total. The van der Waals surface area contributed by atoms with Crippen molar-refractivity contribution in [3.05, 3.63) is 18.3 Å². The molecule has 0 bridgehead atoms. The molecular weight excluding hydrogens is 255 g/mol. The standard InChI is InChI=1S/C11H13FN4O3/c12-5-2-16(8-1-6(18)7(3-17)19-8)11-9(5)10(13)14-4-15-11/h2,4,6-8,17-18H,1,3H2,(H2,13,14,15)/t6-,7+,8?/m0/s1. The van der Waals surface area contributed by atoms with Gasteiger partial charge in [-0.3, -0.25) is 0 Å². The van der Waals surface area contributed by atoms with Gasteiger partial charge in [0.15, 0.2) is 11.5 Å². The monoisotopic (exact) mass is 268 g/mol. The first-order valence-corrected chi connectivity index (χ1v) is 5.82. The van der Waals surface area contributed by atoms with E-state index in [2.05, 4.69) is 9.97 Å². The van der Waals surface area contributed by atoms with Crippen molar-refractivity contribution in [1.82, 2.24) is 14.5 Å². The third kappa shape index (κ3) is 1.84. The van der Waals surface area contributed by atoms with Crippen LogP contribution in [0.4, 0.5) is 10.2 Å². The van der Waals surface area contributed by atoms with Gasteiger partial charge < -0.3 is 25.3 Å². The molecule has 3 heterocycles. The van der Waals surface area contributed by atoms with Crippen LogP contribution < -0.4 is 5.73 Å². The van der Waals surface area contributed by atoms with Crippen LogP contribution in [0.5, 0.6) is 0 Å². The van der Waals surface area contributed by atoms with Gasteiger partial charge in [-0.1, -0.05) is 0 Å². The maximum atomic E-state index is 13.8. The summed E-state index contributed by atoms with van der Waals surface area (Å²) in [6, 6.07) is 0. The quantitative estimate of drug-likeness (QED) is 0.696. The van der Waals surface area contributed by atoms with Crippen LogP contribution in [-0.2, 0) is 4.74 Å². The minimum atomic E-state index is -0.797. The fourth-order valence-electron chi connectivity index (χ4n) is 2.33. The van der Waals surface area contributed by atoms with E-state index in [9.17, 15) is 9.50 Å². The van der Waals surface area contributed by atoms with Crippen LogP contribution >= 0.6 is 0 Å². The zero-order valence-corrected chi connectivity index (χ0v) is 9.90. The number of hydrogen-bond donors (Lipinski definition) is 3. The molecule has 8 heteroatoms. The summed E-state index contributed by atoms with van der Waals surface area (Å²) in [5.74, 6) is -0.489. The van der Waals surface area contributed by atoms with Gasteiger partial charge >= 0.3 is 0 Å². The summed E-state index contributed by atoms with van der Waals surface area (Å²) in [5, 5.41) is 18.9. The molecule has 19 heavy (non-hydrogen) atoms. The highest BCUT2D eigenvalue weighted by Gasteiger charge is 2.35. The second-order valence-corrected chi connectivity index (χ2v) is 4.46. The SMILES string of the molecule is Nc1ncnc2c1c(F)cn2C1C[C@H](O)[C@@H](CO)O1. The average molecular weight is 268 g/mol. The number of aliphatic hydroxyl groups excluding tert-OH is 2. The number of nitrogen functional groups attached to an aromatic ring is 1. The molecule has 0 radical (unpaired) electrons. The summed E-state index contributed by atoms with van der Waals surface area (Å²) in [6.07, 6.45) is 0.640. The highest BCUT2D eigenvalue weighted by molar-refractivity contribution is 5.86. The Morgan fingerprint density at radius 3 is 3.00 bits per heavy atom. The third-order valence-corrected chi connectivity index (χ3v) is 3.29. The molecule has 1 saturated heterocycles. The molecular formula is C11H13FN4O3. The molecule has 1 fully saturated rings. The summed E-state index contributed by atoms with van der Waals surface area (Å²) in [4.78, 5) is 7.73. The number of nitrogens with two attached hydrogens (primary N) is 1. The number of anilines is 1. The summed E-state index contributed by atoms with van der Waals surface area (Å²) in [5.41, 5.74) is 5.92. The Balaban J connectivity index is 2.05. The molecule has 0 aromatic carbocycles. The van der Waals surface area contributed by atoms with E-state index in [0.29, 0.717) is 5.65 Å². The van der Waals surface area contributed by atoms with Gasteiger partial charge in [-0.2, -0.15) is 0 Å². The Morgan fingerprint density at radius 2 is 2.32 bits per heavy atom. The van der Waals surface area contributed by atoms with E-state index in [0.717, 1.165) is 0 Å². The fraction of sp³-hybridized carbons (Fsp3) is 0.455. The van der Waals surface area contributed by atoms with Crippen LogP contribution in [0.1, 0.15) is 12.6 Å². The predicted molar refractivity (Wildman–Crippen MR) is 63.5 cm³/mol. The van der Waals surface area contributed by atoms with Crippen molar-refractivity contribution in [1.29, 1.82) is 0 Å². The molecule has 0 spiro atoms. The molecule has 7 nitrogen and oxygen atoms in total. The molecule has 3 atom stereocenters. The van der Waals surface area contributed by atoms with E-state index < -0.39 is 24.3 Å². The lowest BCUT2D eigenvalue weighted by Gasteiger charge is -2.14. The van der Waals surface area contributed by atoms with Gasteiger partial charge in [-0.15, -0.1) is 0 Å². The molecule has 0 aliphatic carbocycles. The first-order valence-electron chi connectivity index (χ1n) is 5.82. The first-order chi connectivity index (χ1) is 9.11. The van der Waals surface area contributed by atoms with Crippen LogP contribution in [0, 0.1) is 5.82 Å². The van der Waals surface area contributed by atoms with Crippen molar-refractivity contribution in [2.75, 3.05) is 12.3 Å². The van der Waals surface area contributed by atoms with E-state index in [1.165, 1.54) is 17.1 Å². The number of aromatic nitrogens is 3. The lowest BCUT2D eigenvalue weighted by atomic mass is 10.2. The molecule has 1 aliphatic rings. The summed E-state index contributed by atoms with van der Waals surface area (Å²) >= 11 is 0. The minimum Gasteiger partial charge on any atom is -0.394 e. The Morgan fingerprint density at radius 1 is 1.53 bits per heavy atom. The third-order valence-electron chi connectivity index (χ3n) is 3.29. The van der Waals surface area contributed by atoms with Gasteiger partial charge in [-0.05, 0) is 0 Å². The van der Waals surface area contributed by atoms with Crippen molar-refractivity contribution in [2.24, 2.45) is 0 Å². The van der Waals surface area contributed by atoms with Crippen LogP contribution in [0.15, 0.2) is 12.5 Å². The van der Waals surface area contributed by atoms with Gasteiger partial charge in [0.05, 0.1) is 18.1 Å². The van der Waals surface area contributed by atoms with Gasteiger partial charge in [0.25, 0.3) is 0 Å². The minimum absolute atomic E-state index is 0.0542. The zero-order chi connectivity index (χ0) is 13.6. The Labute approximate surface area is 107 Å². The van der Waals surface area contributed by atoms with Crippen molar-refractivity contribution in [3.8, 4) is 0 Å². The van der Waals surface area contributed by atoms with E-state index in [-0.39, 0.29) is 24.2 Å². The summed E-state index contributed by atoms with van der Waals surface area (Å²) < 4.78 is 20.8. The van der Waals surface area contributed by atoms with Crippen LogP contribution in [0.2, 0.25) is 0 Å². The lowest BCUT2D eigenvalue weighted by Crippen LogP contribution is -2.24. The van der Waals surface area contributed by atoms with Gasteiger partial charge in [0, 0.05) is 12.6 Å². The van der Waals surface area contributed by atoms with Crippen LogP contribution in [-0.4, -0.2) is 43.6 Å². The number of fused-ring (bicyclic) bond motifs is 1. The maximum Gasteiger partial charge on any atom is 0.154 e. The zero-order valence-electron chi connectivity index (χ0n) is 9.90. The van der Waals surface area contributed by atoms with E-state index in [1.54, 1.807) is 0 Å². The smallest absolute Gasteiger partial charge is 0.154 e. The highest BCUT2D eigenvalue weighted by atomic mass is 19.1. The molecule has 3 rings (SSSR count). The fourth-order valence-corrected chi connectivity index (χ4v) is 2.33. The largest absolute Gasteiger partial charge is 0.394 e. The van der Waals surface area contributed by atoms with Crippen LogP contribution in [0.25, 0.3) is 11.0 Å². The Hall–Kier alpha value is -1.77. The molecule has 0 amide bonds. The number of nitrogens with zero attached hydrogens (tertiary/aromatic N) is 3. The first kappa shape index (κ1) is 12.3. The maximum absolute atomic E-state index is 13.8. The number of hydrogen-bond acceptors (Lipinski definition) is 6. The van der Waals surface area contributed by atoms with Crippen molar-refractivity contribution in [2.45, 2.75) is 24.9 Å². The molecule has 102 valence electrons. The molecule has 1 aliphatic heterocycles. The lowest BCUT2D eigenvalue weighted by molar-refractivity contribution is -0.0431. The van der Waals surface area contributed by atoms with Crippen molar-refractivity contribution >= 4 is 16.9 Å². The Bertz CT molecular complexity index is 617. The van der Waals surface area contributed by atoms with Crippen LogP contribution in [0.3, 0.4) is 0 Å². The average Bonchev–Trinajstić information content (AvgIpc) is 2.91. The summed E-state index contributed by atoms with van der Waals surface area (Å²) in [7, 11) is 0. The van der Waals surface area contributed by atoms with Gasteiger partial charge in [0.1, 0.15) is 24.5 Å². The topological polar surface area (TPSA) is 106 Å². The predicted octanol–water partition coefficient (Wildman–Crippen LogP) is -0.207. The number of ether oxygens (including phenoxy) is 1.